The monoisotopic (exact) mass is 406 g/mol. The molecule has 0 aliphatic heterocycles. The lowest BCUT2D eigenvalue weighted by molar-refractivity contribution is -0.105. The maximum atomic E-state index is 12.0. The molecule has 0 spiro atoms. The molecule has 3 rings (SSSR count). The number of amides is 2. The van der Waals surface area contributed by atoms with Gasteiger partial charge in [-0.05, 0) is 38.5 Å². The van der Waals surface area contributed by atoms with Crippen LogP contribution >= 0.6 is 0 Å². The topological polar surface area (TPSA) is 93.1 Å². The number of carbonyl (C=O) groups is 3. The van der Waals surface area contributed by atoms with E-state index in [9.17, 15) is 14.4 Å². The number of ketones is 1. The standard InChI is InChI=1S/C12H12N2O.C11H14N2O2/c1-9-8-13-12(14(9)2)11(15)10-6-4-3-5-7-10;1-3-12-11(15)9-5-4-8(2)10(6-9)13-7-14/h3-8H,1-2H3;4-7H,3H2,1-2H3,(H,12,15)(H,13,14). The van der Waals surface area contributed by atoms with Crippen molar-refractivity contribution in [2.75, 3.05) is 11.9 Å². The number of hydrogen-bond acceptors (Lipinski definition) is 4. The van der Waals surface area contributed by atoms with Gasteiger partial charge in [-0.3, -0.25) is 14.4 Å². The van der Waals surface area contributed by atoms with Crippen LogP contribution < -0.4 is 10.6 Å². The summed E-state index contributed by atoms with van der Waals surface area (Å²) < 4.78 is 1.80. The van der Waals surface area contributed by atoms with Crippen LogP contribution in [0, 0.1) is 13.8 Å². The minimum absolute atomic E-state index is 0.0359. The minimum atomic E-state index is -0.133. The minimum Gasteiger partial charge on any atom is -0.352 e. The Morgan fingerprint density at radius 1 is 1.07 bits per heavy atom. The molecular formula is C23H26N4O3. The first-order valence-corrected chi connectivity index (χ1v) is 9.56. The molecule has 0 saturated carbocycles. The van der Waals surface area contributed by atoms with E-state index in [1.54, 1.807) is 41.1 Å². The zero-order valence-electron chi connectivity index (χ0n) is 17.6. The van der Waals surface area contributed by atoms with Crippen LogP contribution in [0.4, 0.5) is 5.69 Å². The van der Waals surface area contributed by atoms with Crippen LogP contribution in [-0.2, 0) is 11.8 Å². The highest BCUT2D eigenvalue weighted by Gasteiger charge is 2.14. The molecule has 30 heavy (non-hydrogen) atoms. The molecule has 7 heteroatoms. The first kappa shape index (κ1) is 22.5. The molecule has 0 radical (unpaired) electrons. The number of benzene rings is 2. The van der Waals surface area contributed by atoms with Crippen molar-refractivity contribution in [3.8, 4) is 0 Å². The van der Waals surface area contributed by atoms with Gasteiger partial charge in [0.1, 0.15) is 0 Å². The molecule has 2 aromatic carbocycles. The molecule has 3 aromatic rings. The first-order valence-electron chi connectivity index (χ1n) is 9.56. The summed E-state index contributed by atoms with van der Waals surface area (Å²) in [6.45, 7) is 6.24. The summed E-state index contributed by atoms with van der Waals surface area (Å²) in [6.07, 6.45) is 2.31. The number of nitrogens with one attached hydrogen (secondary N) is 2. The number of aryl methyl sites for hydroxylation is 2. The summed E-state index contributed by atoms with van der Waals surface area (Å²) in [5.74, 6) is 0.316. The van der Waals surface area contributed by atoms with Crippen LogP contribution in [0.2, 0.25) is 0 Å². The maximum Gasteiger partial charge on any atom is 0.251 e. The molecule has 0 unspecified atom stereocenters. The van der Waals surface area contributed by atoms with Gasteiger partial charge < -0.3 is 15.2 Å². The lowest BCUT2D eigenvalue weighted by atomic mass is 10.1. The molecule has 2 amide bonds. The molecule has 0 saturated heterocycles. The Bertz CT molecular complexity index is 1030. The number of anilines is 1. The molecular weight excluding hydrogens is 380 g/mol. The quantitative estimate of drug-likeness (QED) is 0.485. The summed E-state index contributed by atoms with van der Waals surface area (Å²) in [6, 6.07) is 14.4. The number of nitrogens with zero attached hydrogens (tertiary/aromatic N) is 2. The Hall–Kier alpha value is -3.74. The average Bonchev–Trinajstić information content (AvgIpc) is 3.09. The zero-order chi connectivity index (χ0) is 22.1. The van der Waals surface area contributed by atoms with Crippen molar-refractivity contribution in [1.82, 2.24) is 14.9 Å². The van der Waals surface area contributed by atoms with Crippen LogP contribution in [0.15, 0.2) is 54.7 Å². The number of imidazole rings is 1. The van der Waals surface area contributed by atoms with E-state index in [-0.39, 0.29) is 11.7 Å². The van der Waals surface area contributed by atoms with Crippen molar-refractivity contribution in [2.45, 2.75) is 20.8 Å². The van der Waals surface area contributed by atoms with Gasteiger partial charge in [0.25, 0.3) is 5.91 Å². The van der Waals surface area contributed by atoms with E-state index in [2.05, 4.69) is 15.6 Å². The van der Waals surface area contributed by atoms with Gasteiger partial charge in [0, 0.05) is 42.3 Å². The number of carbonyl (C=O) groups excluding carboxylic acids is 3. The van der Waals surface area contributed by atoms with Gasteiger partial charge in [0.15, 0.2) is 5.82 Å². The van der Waals surface area contributed by atoms with E-state index in [1.807, 2.05) is 46.0 Å². The first-order chi connectivity index (χ1) is 14.4. The van der Waals surface area contributed by atoms with Crippen molar-refractivity contribution in [1.29, 1.82) is 0 Å². The van der Waals surface area contributed by atoms with Gasteiger partial charge in [-0.15, -0.1) is 0 Å². The highest BCUT2D eigenvalue weighted by atomic mass is 16.1. The Kier molecular flexibility index (Phi) is 8.05. The van der Waals surface area contributed by atoms with Crippen molar-refractivity contribution in [3.63, 3.8) is 0 Å². The second kappa shape index (κ2) is 10.7. The molecule has 0 fully saturated rings. The molecule has 1 heterocycles. The maximum absolute atomic E-state index is 12.0. The Labute approximate surface area is 176 Å². The predicted molar refractivity (Wildman–Crippen MR) is 117 cm³/mol. The molecule has 0 atom stereocenters. The van der Waals surface area contributed by atoms with Gasteiger partial charge in [-0.2, -0.15) is 0 Å². The smallest absolute Gasteiger partial charge is 0.251 e. The third-order valence-electron chi connectivity index (χ3n) is 4.51. The highest BCUT2D eigenvalue weighted by molar-refractivity contribution is 6.06. The number of hydrogen-bond donors (Lipinski definition) is 2. The lowest BCUT2D eigenvalue weighted by Crippen LogP contribution is -2.22. The second-order valence-corrected chi connectivity index (χ2v) is 6.63. The molecule has 0 aliphatic rings. The van der Waals surface area contributed by atoms with Crippen molar-refractivity contribution in [3.05, 3.63) is 82.9 Å². The van der Waals surface area contributed by atoms with E-state index in [0.29, 0.717) is 35.6 Å². The third-order valence-corrected chi connectivity index (χ3v) is 4.51. The van der Waals surface area contributed by atoms with Crippen LogP contribution in [0.1, 0.15) is 44.7 Å². The molecule has 0 bridgehead atoms. The van der Waals surface area contributed by atoms with E-state index < -0.39 is 0 Å². The van der Waals surface area contributed by atoms with Gasteiger partial charge in [0.2, 0.25) is 12.2 Å². The summed E-state index contributed by atoms with van der Waals surface area (Å²) >= 11 is 0. The SMILES string of the molecule is CCNC(=O)c1ccc(C)c(NC=O)c1.Cc1cnc(C(=O)c2ccccc2)n1C. The summed E-state index contributed by atoms with van der Waals surface area (Å²) in [5.41, 5.74) is 3.79. The van der Waals surface area contributed by atoms with Crippen LogP contribution in [0.5, 0.6) is 0 Å². The fraction of sp³-hybridized carbons (Fsp3) is 0.217. The summed E-state index contributed by atoms with van der Waals surface area (Å²) in [7, 11) is 1.85. The molecule has 7 nitrogen and oxygen atoms in total. The van der Waals surface area contributed by atoms with E-state index >= 15 is 0 Å². The van der Waals surface area contributed by atoms with Gasteiger partial charge in [-0.1, -0.05) is 36.4 Å². The van der Waals surface area contributed by atoms with Crippen LogP contribution in [0.25, 0.3) is 0 Å². The van der Waals surface area contributed by atoms with Gasteiger partial charge in [0.05, 0.1) is 0 Å². The second-order valence-electron chi connectivity index (χ2n) is 6.63. The number of aromatic nitrogens is 2. The zero-order valence-corrected chi connectivity index (χ0v) is 17.6. The van der Waals surface area contributed by atoms with Gasteiger partial charge >= 0.3 is 0 Å². The fourth-order valence-corrected chi connectivity index (χ4v) is 2.67. The predicted octanol–water partition coefficient (Wildman–Crippen LogP) is 3.27. The Morgan fingerprint density at radius 3 is 2.33 bits per heavy atom. The Balaban J connectivity index is 0.000000214. The summed E-state index contributed by atoms with van der Waals surface area (Å²) in [5, 5.41) is 5.25. The average molecular weight is 406 g/mol. The molecule has 0 aliphatic carbocycles. The van der Waals surface area contributed by atoms with Crippen LogP contribution in [-0.4, -0.2) is 34.2 Å². The molecule has 2 N–H and O–H groups in total. The largest absolute Gasteiger partial charge is 0.352 e. The fourth-order valence-electron chi connectivity index (χ4n) is 2.67. The van der Waals surface area contributed by atoms with Crippen molar-refractivity contribution in [2.24, 2.45) is 7.05 Å². The van der Waals surface area contributed by atoms with Crippen molar-refractivity contribution >= 4 is 23.8 Å². The Morgan fingerprint density at radius 2 is 1.77 bits per heavy atom. The molecule has 156 valence electrons. The highest BCUT2D eigenvalue weighted by Crippen LogP contribution is 2.16. The molecule has 1 aromatic heterocycles. The lowest BCUT2D eigenvalue weighted by Gasteiger charge is -2.07. The van der Waals surface area contributed by atoms with Gasteiger partial charge in [-0.25, -0.2) is 4.98 Å². The van der Waals surface area contributed by atoms with Crippen molar-refractivity contribution < 1.29 is 14.4 Å². The van der Waals surface area contributed by atoms with E-state index in [4.69, 9.17) is 0 Å². The van der Waals surface area contributed by atoms with Crippen LogP contribution in [0.3, 0.4) is 0 Å². The summed E-state index contributed by atoms with van der Waals surface area (Å²) in [4.78, 5) is 37.9. The number of rotatable bonds is 6. The van der Waals surface area contributed by atoms with E-state index in [0.717, 1.165) is 11.3 Å². The third kappa shape index (κ3) is 5.64. The normalized spacial score (nSPS) is 9.87. The van der Waals surface area contributed by atoms with E-state index in [1.165, 1.54) is 0 Å².